The van der Waals surface area contributed by atoms with Gasteiger partial charge in [-0.1, -0.05) is 24.6 Å². The molecular weight excluding hydrogens is 377 g/mol. The van der Waals surface area contributed by atoms with Gasteiger partial charge in [-0.15, -0.1) is 0 Å². The minimum Gasteiger partial charge on any atom is -0.340 e. The van der Waals surface area contributed by atoms with Crippen molar-refractivity contribution >= 4 is 29.1 Å². The standard InChI is InChI=1S/C21H27ClFN5/c1-12-5-6-15(7-13(12)2)26-18-16(22)9-25-19(27-18)28-10-14(3)20(4,23)21(11-28)8-17(21)24/h5-7,9,14,17H,8,10-11,24H2,1-4H3,(H,25,26,27). The minimum absolute atomic E-state index is 0.117. The van der Waals surface area contributed by atoms with E-state index in [2.05, 4.69) is 41.3 Å². The maximum absolute atomic E-state index is 15.4. The Hall–Kier alpha value is -1.92. The molecule has 2 fully saturated rings. The maximum Gasteiger partial charge on any atom is 0.227 e. The molecule has 0 radical (unpaired) electrons. The van der Waals surface area contributed by atoms with E-state index in [0.29, 0.717) is 36.3 Å². The normalized spacial score (nSPS) is 31.9. The first-order valence-electron chi connectivity index (χ1n) is 9.70. The van der Waals surface area contributed by atoms with Crippen LogP contribution < -0.4 is 16.0 Å². The molecule has 28 heavy (non-hydrogen) atoms. The number of nitrogens with two attached hydrogens (primary N) is 1. The van der Waals surface area contributed by atoms with Crippen LogP contribution in [-0.2, 0) is 0 Å². The van der Waals surface area contributed by atoms with Gasteiger partial charge in [-0.25, -0.2) is 9.37 Å². The van der Waals surface area contributed by atoms with E-state index in [9.17, 15) is 0 Å². The fourth-order valence-corrected chi connectivity index (χ4v) is 4.47. The highest BCUT2D eigenvalue weighted by Crippen LogP contribution is 2.60. The number of hydrogen-bond donors (Lipinski definition) is 2. The number of alkyl halides is 1. The Kier molecular flexibility index (Phi) is 4.55. The van der Waals surface area contributed by atoms with E-state index < -0.39 is 11.1 Å². The highest BCUT2D eigenvalue weighted by Gasteiger charge is 2.68. The molecular formula is C21H27ClFN5. The van der Waals surface area contributed by atoms with Gasteiger partial charge >= 0.3 is 0 Å². The number of benzene rings is 1. The van der Waals surface area contributed by atoms with Crippen molar-refractivity contribution < 1.29 is 4.39 Å². The molecule has 1 aromatic heterocycles. The summed E-state index contributed by atoms with van der Waals surface area (Å²) in [7, 11) is 0. The molecule has 150 valence electrons. The van der Waals surface area contributed by atoms with Gasteiger partial charge in [0.25, 0.3) is 0 Å². The highest BCUT2D eigenvalue weighted by molar-refractivity contribution is 6.32. The SMILES string of the molecule is Cc1ccc(Nc2nc(N3CC(C)C(C)(F)C4(CC4N)C3)ncc2Cl)cc1C. The quantitative estimate of drug-likeness (QED) is 0.795. The zero-order chi connectivity index (χ0) is 20.3. The molecule has 0 amide bonds. The number of aromatic nitrogens is 2. The number of nitrogens with one attached hydrogen (secondary N) is 1. The Morgan fingerprint density at radius 3 is 2.68 bits per heavy atom. The second-order valence-corrected chi connectivity index (χ2v) is 9.02. The van der Waals surface area contributed by atoms with Crippen LogP contribution in [0.25, 0.3) is 0 Å². The molecule has 4 unspecified atom stereocenters. The number of anilines is 3. The lowest BCUT2D eigenvalue weighted by Crippen LogP contribution is -2.57. The molecule has 4 rings (SSSR count). The summed E-state index contributed by atoms with van der Waals surface area (Å²) < 4.78 is 15.4. The van der Waals surface area contributed by atoms with Gasteiger partial charge in [0.2, 0.25) is 5.95 Å². The van der Waals surface area contributed by atoms with E-state index in [0.717, 1.165) is 5.69 Å². The summed E-state index contributed by atoms with van der Waals surface area (Å²) in [5, 5.41) is 3.73. The van der Waals surface area contributed by atoms with Crippen LogP contribution in [0, 0.1) is 25.2 Å². The Morgan fingerprint density at radius 1 is 1.32 bits per heavy atom. The van der Waals surface area contributed by atoms with Crippen LogP contribution in [0.3, 0.4) is 0 Å². The van der Waals surface area contributed by atoms with E-state index in [-0.39, 0.29) is 12.0 Å². The molecule has 3 N–H and O–H groups in total. The molecule has 1 saturated heterocycles. The Balaban J connectivity index is 1.61. The third-order valence-electron chi connectivity index (χ3n) is 6.78. The number of nitrogens with zero attached hydrogens (tertiary/aromatic N) is 3. The number of rotatable bonds is 3. The molecule has 5 nitrogen and oxygen atoms in total. The molecule has 2 aliphatic rings. The van der Waals surface area contributed by atoms with Gasteiger partial charge in [-0.3, -0.25) is 0 Å². The first-order chi connectivity index (χ1) is 13.1. The largest absolute Gasteiger partial charge is 0.340 e. The van der Waals surface area contributed by atoms with Crippen LogP contribution in [0.4, 0.5) is 21.8 Å². The van der Waals surface area contributed by atoms with Crippen molar-refractivity contribution in [3.8, 4) is 0 Å². The van der Waals surface area contributed by atoms with Crippen LogP contribution in [0.15, 0.2) is 24.4 Å². The van der Waals surface area contributed by atoms with Crippen molar-refractivity contribution in [3.63, 3.8) is 0 Å². The molecule has 1 aliphatic carbocycles. The lowest BCUT2D eigenvalue weighted by molar-refractivity contribution is 0.00785. The molecule has 2 heterocycles. The number of aryl methyl sites for hydroxylation is 2. The first kappa shape index (κ1) is 19.4. The lowest BCUT2D eigenvalue weighted by atomic mass is 9.74. The van der Waals surface area contributed by atoms with Crippen molar-refractivity contribution in [1.29, 1.82) is 0 Å². The van der Waals surface area contributed by atoms with Gasteiger partial charge in [0.1, 0.15) is 10.7 Å². The van der Waals surface area contributed by atoms with E-state index in [1.807, 2.05) is 17.9 Å². The smallest absolute Gasteiger partial charge is 0.227 e. The second-order valence-electron chi connectivity index (χ2n) is 8.61. The van der Waals surface area contributed by atoms with E-state index in [1.165, 1.54) is 11.1 Å². The molecule has 4 atom stereocenters. The molecule has 7 heteroatoms. The van der Waals surface area contributed by atoms with E-state index in [1.54, 1.807) is 13.1 Å². The molecule has 1 saturated carbocycles. The molecule has 0 bridgehead atoms. The number of hydrogen-bond acceptors (Lipinski definition) is 5. The first-order valence-corrected chi connectivity index (χ1v) is 10.1. The summed E-state index contributed by atoms with van der Waals surface area (Å²) in [5.41, 5.74) is 7.68. The molecule has 1 spiro atoms. The molecule has 2 aromatic rings. The maximum atomic E-state index is 15.4. The molecule has 1 aromatic carbocycles. The van der Waals surface area contributed by atoms with Gasteiger partial charge in [0.05, 0.1) is 6.20 Å². The van der Waals surface area contributed by atoms with Gasteiger partial charge in [0.15, 0.2) is 5.82 Å². The zero-order valence-electron chi connectivity index (χ0n) is 16.8. The van der Waals surface area contributed by atoms with Crippen LogP contribution in [-0.4, -0.2) is 34.8 Å². The average molecular weight is 404 g/mol. The van der Waals surface area contributed by atoms with Crippen molar-refractivity contribution in [2.24, 2.45) is 17.1 Å². The van der Waals surface area contributed by atoms with Crippen LogP contribution in [0.5, 0.6) is 0 Å². The van der Waals surface area contributed by atoms with Crippen molar-refractivity contribution in [2.45, 2.75) is 45.8 Å². The Morgan fingerprint density at radius 2 is 2.04 bits per heavy atom. The van der Waals surface area contributed by atoms with E-state index >= 15 is 4.39 Å². The highest BCUT2D eigenvalue weighted by atomic mass is 35.5. The van der Waals surface area contributed by atoms with E-state index in [4.69, 9.17) is 17.3 Å². The van der Waals surface area contributed by atoms with Gasteiger partial charge in [-0.2, -0.15) is 4.98 Å². The summed E-state index contributed by atoms with van der Waals surface area (Å²) in [6.07, 6.45) is 2.29. The summed E-state index contributed by atoms with van der Waals surface area (Å²) in [6.45, 7) is 8.83. The predicted molar refractivity (Wildman–Crippen MR) is 112 cm³/mol. The Bertz CT molecular complexity index is 918. The zero-order valence-corrected chi connectivity index (χ0v) is 17.5. The van der Waals surface area contributed by atoms with Crippen molar-refractivity contribution in [3.05, 3.63) is 40.5 Å². The van der Waals surface area contributed by atoms with Crippen molar-refractivity contribution in [2.75, 3.05) is 23.3 Å². The third kappa shape index (κ3) is 3.03. The minimum atomic E-state index is -1.28. The fraction of sp³-hybridized carbons (Fsp3) is 0.524. The topological polar surface area (TPSA) is 67.1 Å². The molecule has 1 aliphatic heterocycles. The van der Waals surface area contributed by atoms with Crippen LogP contribution >= 0.6 is 11.6 Å². The Labute approximate surface area is 170 Å². The predicted octanol–water partition coefficient (Wildman–Crippen LogP) is 4.39. The average Bonchev–Trinajstić information content (AvgIpc) is 3.29. The van der Waals surface area contributed by atoms with Crippen LogP contribution in [0.2, 0.25) is 5.02 Å². The lowest BCUT2D eigenvalue weighted by Gasteiger charge is -2.46. The van der Waals surface area contributed by atoms with Crippen molar-refractivity contribution in [1.82, 2.24) is 9.97 Å². The summed E-state index contributed by atoms with van der Waals surface area (Å²) >= 11 is 6.34. The number of piperidine rings is 1. The number of halogens is 2. The summed E-state index contributed by atoms with van der Waals surface area (Å²) in [4.78, 5) is 11.1. The summed E-state index contributed by atoms with van der Waals surface area (Å²) in [5.74, 6) is 0.937. The third-order valence-corrected chi connectivity index (χ3v) is 7.06. The van der Waals surface area contributed by atoms with Gasteiger partial charge in [0, 0.05) is 36.2 Å². The van der Waals surface area contributed by atoms with Crippen LogP contribution in [0.1, 0.15) is 31.4 Å². The monoisotopic (exact) mass is 403 g/mol. The van der Waals surface area contributed by atoms with Gasteiger partial charge < -0.3 is 16.0 Å². The summed E-state index contributed by atoms with van der Waals surface area (Å²) in [6, 6.07) is 5.99. The van der Waals surface area contributed by atoms with Gasteiger partial charge in [-0.05, 0) is 50.5 Å². The fourth-order valence-electron chi connectivity index (χ4n) is 4.34. The second kappa shape index (κ2) is 6.56.